The van der Waals surface area contributed by atoms with Gasteiger partial charge in [0, 0.05) is 13.1 Å². The van der Waals surface area contributed by atoms with E-state index in [1.807, 2.05) is 17.9 Å². The lowest BCUT2D eigenvalue weighted by Gasteiger charge is -2.20. The van der Waals surface area contributed by atoms with E-state index in [1.165, 1.54) is 19.2 Å². The average Bonchev–Trinajstić information content (AvgIpc) is 2.44. The van der Waals surface area contributed by atoms with E-state index in [-0.39, 0.29) is 5.97 Å². The lowest BCUT2D eigenvalue weighted by atomic mass is 10.1. The van der Waals surface area contributed by atoms with E-state index in [0.717, 1.165) is 12.1 Å². The van der Waals surface area contributed by atoms with E-state index < -0.39 is 5.82 Å². The topological polar surface area (TPSA) is 53.3 Å². The SMILES string of the molecule is CCN(CCC(=O)OC)Cc1ccc(F)cc1C#N. The van der Waals surface area contributed by atoms with Crippen molar-refractivity contribution in [2.45, 2.75) is 19.9 Å². The van der Waals surface area contributed by atoms with Crippen molar-refractivity contribution >= 4 is 5.97 Å². The van der Waals surface area contributed by atoms with E-state index >= 15 is 0 Å². The van der Waals surface area contributed by atoms with Crippen LogP contribution >= 0.6 is 0 Å². The van der Waals surface area contributed by atoms with Crippen molar-refractivity contribution in [1.29, 1.82) is 5.26 Å². The van der Waals surface area contributed by atoms with E-state index in [2.05, 4.69) is 4.74 Å². The number of carbonyl (C=O) groups is 1. The zero-order chi connectivity index (χ0) is 14.3. The Morgan fingerprint density at radius 1 is 1.53 bits per heavy atom. The van der Waals surface area contributed by atoms with Crippen LogP contribution in [0.1, 0.15) is 24.5 Å². The Labute approximate surface area is 112 Å². The molecule has 0 N–H and O–H groups in total. The number of rotatable bonds is 6. The van der Waals surface area contributed by atoms with Gasteiger partial charge < -0.3 is 4.74 Å². The molecule has 0 radical (unpaired) electrons. The van der Waals surface area contributed by atoms with Gasteiger partial charge in [0.1, 0.15) is 5.82 Å². The molecule has 0 aromatic heterocycles. The predicted octanol–water partition coefficient (Wildman–Crippen LogP) is 2.08. The highest BCUT2D eigenvalue weighted by molar-refractivity contribution is 5.69. The first-order valence-electron chi connectivity index (χ1n) is 6.08. The summed E-state index contributed by atoms with van der Waals surface area (Å²) >= 11 is 0. The predicted molar refractivity (Wildman–Crippen MR) is 68.7 cm³/mol. The van der Waals surface area contributed by atoms with Crippen LogP contribution in [-0.2, 0) is 16.1 Å². The van der Waals surface area contributed by atoms with Crippen molar-refractivity contribution in [3.8, 4) is 6.07 Å². The van der Waals surface area contributed by atoms with Gasteiger partial charge in [-0.25, -0.2) is 4.39 Å². The fourth-order valence-corrected chi connectivity index (χ4v) is 1.73. The van der Waals surface area contributed by atoms with Crippen molar-refractivity contribution in [3.63, 3.8) is 0 Å². The summed E-state index contributed by atoms with van der Waals surface area (Å²) in [5, 5.41) is 8.98. The number of ether oxygens (including phenoxy) is 1. The van der Waals surface area contributed by atoms with Crippen LogP contribution in [0.2, 0.25) is 0 Å². The standard InChI is InChI=1S/C14H17FN2O2/c1-3-17(7-6-14(18)19-2)10-11-4-5-13(15)8-12(11)9-16/h4-5,8H,3,6-7,10H2,1-2H3. The Morgan fingerprint density at radius 3 is 2.84 bits per heavy atom. The number of hydrogen-bond acceptors (Lipinski definition) is 4. The van der Waals surface area contributed by atoms with Crippen LogP contribution in [0, 0.1) is 17.1 Å². The van der Waals surface area contributed by atoms with Gasteiger partial charge in [0.15, 0.2) is 0 Å². The van der Waals surface area contributed by atoms with Gasteiger partial charge in [0.2, 0.25) is 0 Å². The van der Waals surface area contributed by atoms with Crippen LogP contribution in [0.15, 0.2) is 18.2 Å². The normalized spacial score (nSPS) is 10.3. The highest BCUT2D eigenvalue weighted by Crippen LogP contribution is 2.13. The van der Waals surface area contributed by atoms with Crippen LogP contribution in [0.4, 0.5) is 4.39 Å². The third-order valence-electron chi connectivity index (χ3n) is 2.89. The second-order valence-electron chi connectivity index (χ2n) is 4.11. The number of methoxy groups -OCH3 is 1. The maximum absolute atomic E-state index is 13.0. The zero-order valence-corrected chi connectivity index (χ0v) is 11.1. The van der Waals surface area contributed by atoms with Gasteiger partial charge in [0.25, 0.3) is 0 Å². The summed E-state index contributed by atoms with van der Waals surface area (Å²) in [7, 11) is 1.35. The van der Waals surface area contributed by atoms with Crippen molar-refractivity contribution in [3.05, 3.63) is 35.1 Å². The molecule has 0 heterocycles. The van der Waals surface area contributed by atoms with Crippen molar-refractivity contribution < 1.29 is 13.9 Å². The first-order valence-corrected chi connectivity index (χ1v) is 6.08. The molecule has 19 heavy (non-hydrogen) atoms. The molecule has 0 aliphatic heterocycles. The maximum Gasteiger partial charge on any atom is 0.306 e. The summed E-state index contributed by atoms with van der Waals surface area (Å²) in [6.07, 6.45) is 0.299. The molecule has 0 bridgehead atoms. The summed E-state index contributed by atoms with van der Waals surface area (Å²) < 4.78 is 17.6. The second-order valence-corrected chi connectivity index (χ2v) is 4.11. The molecule has 0 amide bonds. The molecule has 0 atom stereocenters. The van der Waals surface area contributed by atoms with Crippen molar-refractivity contribution in [2.75, 3.05) is 20.2 Å². The Morgan fingerprint density at radius 2 is 2.26 bits per heavy atom. The minimum absolute atomic E-state index is 0.266. The fraction of sp³-hybridized carbons (Fsp3) is 0.429. The molecular formula is C14H17FN2O2. The Kier molecular flexibility index (Phi) is 5.97. The van der Waals surface area contributed by atoms with Gasteiger partial charge in [-0.1, -0.05) is 13.0 Å². The van der Waals surface area contributed by atoms with E-state index in [1.54, 1.807) is 6.07 Å². The summed E-state index contributed by atoms with van der Waals surface area (Å²) in [6.45, 7) is 3.76. The number of nitrogens with zero attached hydrogens (tertiary/aromatic N) is 2. The van der Waals surface area contributed by atoms with Crippen LogP contribution in [0.25, 0.3) is 0 Å². The maximum atomic E-state index is 13.0. The number of benzene rings is 1. The first kappa shape index (κ1) is 15.1. The van der Waals surface area contributed by atoms with E-state index in [4.69, 9.17) is 5.26 Å². The summed E-state index contributed by atoms with van der Waals surface area (Å²) in [5.74, 6) is -0.684. The van der Waals surface area contributed by atoms with Crippen LogP contribution in [0.5, 0.6) is 0 Å². The highest BCUT2D eigenvalue weighted by atomic mass is 19.1. The van der Waals surface area contributed by atoms with E-state index in [0.29, 0.717) is 25.1 Å². The quantitative estimate of drug-likeness (QED) is 0.738. The first-order chi connectivity index (χ1) is 9.10. The number of halogens is 1. The van der Waals surface area contributed by atoms with Gasteiger partial charge in [-0.05, 0) is 24.2 Å². The molecule has 102 valence electrons. The third kappa shape index (κ3) is 4.68. The monoisotopic (exact) mass is 264 g/mol. The number of hydrogen-bond donors (Lipinski definition) is 0. The Balaban J connectivity index is 2.70. The van der Waals surface area contributed by atoms with Gasteiger partial charge in [-0.2, -0.15) is 5.26 Å². The Bertz CT molecular complexity index is 483. The van der Waals surface area contributed by atoms with Crippen LogP contribution < -0.4 is 0 Å². The van der Waals surface area contributed by atoms with E-state index in [9.17, 15) is 9.18 Å². The zero-order valence-electron chi connectivity index (χ0n) is 11.1. The lowest BCUT2D eigenvalue weighted by Crippen LogP contribution is -2.26. The van der Waals surface area contributed by atoms with Gasteiger partial charge >= 0.3 is 5.97 Å². The smallest absolute Gasteiger partial charge is 0.306 e. The van der Waals surface area contributed by atoms with Crippen molar-refractivity contribution in [1.82, 2.24) is 4.90 Å². The molecule has 0 saturated carbocycles. The summed E-state index contributed by atoms with van der Waals surface area (Å²) in [6, 6.07) is 6.15. The van der Waals surface area contributed by atoms with Crippen LogP contribution in [0.3, 0.4) is 0 Å². The largest absolute Gasteiger partial charge is 0.469 e. The fourth-order valence-electron chi connectivity index (χ4n) is 1.73. The number of carbonyl (C=O) groups excluding carboxylic acids is 1. The minimum Gasteiger partial charge on any atom is -0.469 e. The highest BCUT2D eigenvalue weighted by Gasteiger charge is 2.10. The lowest BCUT2D eigenvalue weighted by molar-refractivity contribution is -0.141. The molecule has 0 fully saturated rings. The molecule has 0 aliphatic carbocycles. The van der Waals surface area contributed by atoms with Crippen LogP contribution in [-0.4, -0.2) is 31.1 Å². The molecule has 1 aromatic carbocycles. The third-order valence-corrected chi connectivity index (χ3v) is 2.89. The molecule has 4 nitrogen and oxygen atoms in total. The average molecular weight is 264 g/mol. The molecule has 0 aliphatic rings. The number of nitriles is 1. The van der Waals surface area contributed by atoms with Crippen molar-refractivity contribution in [2.24, 2.45) is 0 Å². The summed E-state index contributed by atoms with van der Waals surface area (Å²) in [5.41, 5.74) is 1.09. The second kappa shape index (κ2) is 7.49. The molecule has 0 spiro atoms. The molecule has 0 saturated heterocycles. The van der Waals surface area contributed by atoms with Gasteiger partial charge in [-0.15, -0.1) is 0 Å². The van der Waals surface area contributed by atoms with Gasteiger partial charge in [0.05, 0.1) is 25.2 Å². The summed E-state index contributed by atoms with van der Waals surface area (Å²) in [4.78, 5) is 13.1. The number of esters is 1. The molecule has 0 unspecified atom stereocenters. The van der Waals surface area contributed by atoms with Gasteiger partial charge in [-0.3, -0.25) is 9.69 Å². The molecule has 5 heteroatoms. The Hall–Kier alpha value is -1.93. The molecular weight excluding hydrogens is 247 g/mol. The molecule has 1 aromatic rings. The minimum atomic E-state index is -0.419. The molecule has 1 rings (SSSR count).